The number of rotatable bonds is 6. The number of carboxylic acids is 1. The van der Waals surface area contributed by atoms with E-state index in [1.165, 1.54) is 0 Å². The van der Waals surface area contributed by atoms with Crippen molar-refractivity contribution in [2.45, 2.75) is 19.4 Å². The molecule has 0 aliphatic carbocycles. The summed E-state index contributed by atoms with van der Waals surface area (Å²) in [5.41, 5.74) is 2.33. The van der Waals surface area contributed by atoms with Crippen molar-refractivity contribution in [2.75, 3.05) is 0 Å². The maximum atomic E-state index is 12.5. The number of nitrogens with one attached hydrogen (secondary N) is 1. The molecule has 0 saturated carbocycles. The molecule has 7 nitrogen and oxygen atoms in total. The van der Waals surface area contributed by atoms with Gasteiger partial charge in [0.25, 0.3) is 0 Å². The minimum atomic E-state index is -1.02. The van der Waals surface area contributed by atoms with Gasteiger partial charge in [-0.3, -0.25) is 9.59 Å². The maximum absolute atomic E-state index is 12.5. The van der Waals surface area contributed by atoms with Crippen LogP contribution in [0.15, 0.2) is 59.1 Å². The first-order chi connectivity index (χ1) is 12.5. The second-order valence-corrected chi connectivity index (χ2v) is 5.77. The summed E-state index contributed by atoms with van der Waals surface area (Å²) >= 11 is 0. The first-order valence-electron chi connectivity index (χ1n) is 8.02. The van der Waals surface area contributed by atoms with Gasteiger partial charge in [-0.15, -0.1) is 0 Å². The van der Waals surface area contributed by atoms with Crippen molar-refractivity contribution in [3.05, 3.63) is 71.6 Å². The summed E-state index contributed by atoms with van der Waals surface area (Å²) in [6, 6.07) is 15.7. The van der Waals surface area contributed by atoms with Gasteiger partial charge in [0.1, 0.15) is 0 Å². The van der Waals surface area contributed by atoms with E-state index in [1.54, 1.807) is 24.3 Å². The molecule has 0 radical (unpaired) electrons. The highest BCUT2D eigenvalue weighted by molar-refractivity contribution is 5.90. The highest BCUT2D eigenvalue weighted by Crippen LogP contribution is 2.22. The molecule has 1 aromatic heterocycles. The number of carbonyl (C=O) groups excluding carboxylic acids is 1. The zero-order valence-electron chi connectivity index (χ0n) is 14.0. The minimum Gasteiger partial charge on any atom is -0.481 e. The topological polar surface area (TPSA) is 105 Å². The van der Waals surface area contributed by atoms with Crippen molar-refractivity contribution in [2.24, 2.45) is 0 Å². The first kappa shape index (κ1) is 17.3. The molecular weight excluding hydrogens is 334 g/mol. The summed E-state index contributed by atoms with van der Waals surface area (Å²) < 4.78 is 5.03. The molecule has 0 saturated heterocycles. The zero-order valence-corrected chi connectivity index (χ0v) is 14.0. The van der Waals surface area contributed by atoms with E-state index in [0.717, 1.165) is 16.7 Å². The van der Waals surface area contributed by atoms with Gasteiger partial charge in [-0.2, -0.15) is 4.98 Å². The lowest BCUT2D eigenvalue weighted by Gasteiger charge is -2.18. The van der Waals surface area contributed by atoms with Crippen LogP contribution < -0.4 is 5.32 Å². The Balaban J connectivity index is 1.81. The fraction of sp³-hybridized carbons (Fsp3) is 0.158. The highest BCUT2D eigenvalue weighted by atomic mass is 16.5. The zero-order chi connectivity index (χ0) is 18.5. The smallest absolute Gasteiger partial charge is 0.316 e. The predicted octanol–water partition coefficient (Wildman–Crippen LogP) is 2.99. The van der Waals surface area contributed by atoms with E-state index in [0.29, 0.717) is 5.82 Å². The molecule has 0 spiro atoms. The Morgan fingerprint density at radius 3 is 2.50 bits per heavy atom. The molecule has 1 amide bonds. The fourth-order valence-electron chi connectivity index (χ4n) is 2.63. The number of hydrogen-bond acceptors (Lipinski definition) is 5. The molecule has 3 aromatic rings. The van der Waals surface area contributed by atoms with Crippen molar-refractivity contribution in [3.8, 4) is 11.4 Å². The van der Waals surface area contributed by atoms with Crippen molar-refractivity contribution < 1.29 is 19.2 Å². The normalized spacial score (nSPS) is 11.7. The van der Waals surface area contributed by atoms with Crippen LogP contribution in [0.3, 0.4) is 0 Å². The van der Waals surface area contributed by atoms with E-state index in [4.69, 9.17) is 9.63 Å². The fourth-order valence-corrected chi connectivity index (χ4v) is 2.63. The van der Waals surface area contributed by atoms with Crippen molar-refractivity contribution in [1.82, 2.24) is 15.5 Å². The molecule has 0 aliphatic heterocycles. The van der Waals surface area contributed by atoms with Gasteiger partial charge in [0.2, 0.25) is 5.82 Å². The molecule has 1 unspecified atom stereocenters. The van der Waals surface area contributed by atoms with E-state index in [1.807, 2.05) is 37.3 Å². The second kappa shape index (κ2) is 7.60. The largest absolute Gasteiger partial charge is 0.481 e. The van der Waals surface area contributed by atoms with Crippen LogP contribution in [-0.2, 0) is 4.79 Å². The molecule has 0 aliphatic rings. The molecule has 26 heavy (non-hydrogen) atoms. The third-order valence-electron chi connectivity index (χ3n) is 3.90. The van der Waals surface area contributed by atoms with Crippen LogP contribution >= 0.6 is 0 Å². The summed E-state index contributed by atoms with van der Waals surface area (Å²) in [6.07, 6.45) is -0.254. The lowest BCUT2D eigenvalue weighted by molar-refractivity contribution is -0.137. The number of carbonyl (C=O) groups is 2. The Morgan fingerprint density at radius 1 is 1.12 bits per heavy atom. The van der Waals surface area contributed by atoms with Gasteiger partial charge in [-0.1, -0.05) is 59.8 Å². The van der Waals surface area contributed by atoms with Crippen molar-refractivity contribution in [1.29, 1.82) is 0 Å². The van der Waals surface area contributed by atoms with E-state index < -0.39 is 17.9 Å². The van der Waals surface area contributed by atoms with Crippen LogP contribution in [0.5, 0.6) is 0 Å². The number of nitrogens with zero attached hydrogens (tertiary/aromatic N) is 2. The third kappa shape index (κ3) is 3.94. The van der Waals surface area contributed by atoms with E-state index in [-0.39, 0.29) is 12.3 Å². The van der Waals surface area contributed by atoms with Crippen LogP contribution in [0.4, 0.5) is 0 Å². The first-order valence-corrected chi connectivity index (χ1v) is 8.02. The quantitative estimate of drug-likeness (QED) is 0.707. The van der Waals surface area contributed by atoms with Crippen LogP contribution in [-0.4, -0.2) is 27.1 Å². The Kier molecular flexibility index (Phi) is 5.07. The van der Waals surface area contributed by atoms with Crippen LogP contribution in [0.25, 0.3) is 11.4 Å². The lowest BCUT2D eigenvalue weighted by Crippen LogP contribution is -2.30. The number of carboxylic acid groups (broad SMARTS) is 1. The van der Waals surface area contributed by atoms with E-state index >= 15 is 0 Å². The highest BCUT2D eigenvalue weighted by Gasteiger charge is 2.23. The molecule has 0 bridgehead atoms. The molecule has 3 rings (SSSR count). The molecule has 2 N–H and O–H groups in total. The van der Waals surface area contributed by atoms with Gasteiger partial charge in [-0.05, 0) is 18.1 Å². The number of benzene rings is 2. The van der Waals surface area contributed by atoms with Crippen LogP contribution in [0, 0.1) is 6.92 Å². The average Bonchev–Trinajstić information content (AvgIpc) is 3.12. The third-order valence-corrected chi connectivity index (χ3v) is 3.90. The number of aliphatic carboxylic acids is 1. The summed E-state index contributed by atoms with van der Waals surface area (Å²) in [7, 11) is 0. The lowest BCUT2D eigenvalue weighted by atomic mass is 9.99. The van der Waals surface area contributed by atoms with Gasteiger partial charge in [0.15, 0.2) is 0 Å². The molecule has 0 fully saturated rings. The standard InChI is InChI=1S/C19H17N3O4/c1-12-7-5-6-10-14(12)15(11-16(23)24)20-18(25)19-21-17(22-26-19)13-8-3-2-4-9-13/h2-10,15H,11H2,1H3,(H,20,25)(H,23,24). The Bertz CT molecular complexity index is 921. The van der Waals surface area contributed by atoms with Crippen LogP contribution in [0.2, 0.25) is 0 Å². The number of hydrogen-bond donors (Lipinski definition) is 2. The molecule has 1 atom stereocenters. The number of amides is 1. The molecule has 7 heteroatoms. The Morgan fingerprint density at radius 2 is 1.81 bits per heavy atom. The number of aromatic nitrogens is 2. The van der Waals surface area contributed by atoms with Gasteiger partial charge in [0.05, 0.1) is 12.5 Å². The second-order valence-electron chi connectivity index (χ2n) is 5.77. The van der Waals surface area contributed by atoms with E-state index in [9.17, 15) is 9.59 Å². The molecule has 132 valence electrons. The summed E-state index contributed by atoms with van der Waals surface area (Å²) in [5, 5.41) is 15.6. The Hall–Kier alpha value is -3.48. The monoisotopic (exact) mass is 351 g/mol. The molecule has 2 aromatic carbocycles. The number of aryl methyl sites for hydroxylation is 1. The van der Waals surface area contributed by atoms with Crippen molar-refractivity contribution >= 4 is 11.9 Å². The summed E-state index contributed by atoms with van der Waals surface area (Å²) in [5.74, 6) is -1.56. The van der Waals surface area contributed by atoms with E-state index in [2.05, 4.69) is 15.5 Å². The summed E-state index contributed by atoms with van der Waals surface area (Å²) in [4.78, 5) is 27.8. The summed E-state index contributed by atoms with van der Waals surface area (Å²) in [6.45, 7) is 1.86. The van der Waals surface area contributed by atoms with Gasteiger partial charge in [0, 0.05) is 5.56 Å². The van der Waals surface area contributed by atoms with Crippen LogP contribution in [0.1, 0.15) is 34.3 Å². The predicted molar refractivity (Wildman–Crippen MR) is 93.4 cm³/mol. The molecule has 1 heterocycles. The van der Waals surface area contributed by atoms with Gasteiger partial charge >= 0.3 is 17.8 Å². The van der Waals surface area contributed by atoms with Gasteiger partial charge in [-0.25, -0.2) is 0 Å². The Labute approximate surface area is 149 Å². The average molecular weight is 351 g/mol. The minimum absolute atomic E-state index is 0.215. The SMILES string of the molecule is Cc1ccccc1C(CC(=O)O)NC(=O)c1nc(-c2ccccc2)no1. The van der Waals surface area contributed by atoms with Gasteiger partial charge < -0.3 is 14.9 Å². The molecular formula is C19H17N3O4. The van der Waals surface area contributed by atoms with Crippen molar-refractivity contribution in [3.63, 3.8) is 0 Å². The maximum Gasteiger partial charge on any atom is 0.316 e.